The maximum atomic E-state index is 12.4. The second kappa shape index (κ2) is 3.90. The molecule has 0 saturated heterocycles. The van der Waals surface area contributed by atoms with Crippen molar-refractivity contribution in [1.29, 1.82) is 0 Å². The zero-order valence-corrected chi connectivity index (χ0v) is 7.77. The average molecular weight is 209 g/mol. The van der Waals surface area contributed by atoms with Gasteiger partial charge in [-0.05, 0) is 17.7 Å². The molecule has 1 aromatic carbocycles. The molecule has 15 heavy (non-hydrogen) atoms. The summed E-state index contributed by atoms with van der Waals surface area (Å²) in [4.78, 5) is 4.03. The van der Waals surface area contributed by atoms with Crippen LogP contribution in [0.4, 0.5) is 8.78 Å². The molecule has 2 nitrogen and oxygen atoms in total. The van der Waals surface area contributed by atoms with Crippen LogP contribution in [0.25, 0.3) is 10.9 Å². The Morgan fingerprint density at radius 3 is 2.60 bits per heavy atom. The van der Waals surface area contributed by atoms with Crippen LogP contribution in [0, 0.1) is 0 Å². The predicted octanol–water partition coefficient (Wildman–Crippen LogP) is 2.53. The quantitative estimate of drug-likeness (QED) is 0.824. The summed E-state index contributed by atoms with van der Waals surface area (Å²) in [5.74, 6) is 0. The summed E-state index contributed by atoms with van der Waals surface area (Å²) in [6.07, 6.45) is -3.11. The van der Waals surface area contributed by atoms with E-state index in [9.17, 15) is 13.9 Å². The molecule has 0 radical (unpaired) electrons. The number of alkyl halides is 2. The number of nitrogens with zero attached hydrogens (tertiary/aromatic N) is 1. The average Bonchev–Trinajstić information content (AvgIpc) is 2.27. The van der Waals surface area contributed by atoms with Gasteiger partial charge in [0.05, 0.1) is 5.52 Å². The van der Waals surface area contributed by atoms with E-state index in [2.05, 4.69) is 4.98 Å². The number of pyridine rings is 1. The fourth-order valence-electron chi connectivity index (χ4n) is 1.51. The lowest BCUT2D eigenvalue weighted by Gasteiger charge is -2.11. The van der Waals surface area contributed by atoms with Crippen LogP contribution in [0.2, 0.25) is 0 Å². The van der Waals surface area contributed by atoms with Crippen LogP contribution in [0.1, 0.15) is 11.7 Å². The first kappa shape index (κ1) is 9.98. The number of aliphatic hydroxyl groups is 1. The largest absolute Gasteiger partial charge is 0.382 e. The lowest BCUT2D eigenvalue weighted by molar-refractivity contribution is -0.00497. The van der Waals surface area contributed by atoms with E-state index < -0.39 is 12.5 Å². The van der Waals surface area contributed by atoms with Crippen LogP contribution in [-0.4, -0.2) is 16.5 Å². The zero-order chi connectivity index (χ0) is 10.8. The molecule has 0 aliphatic heterocycles. The molecular formula is C11H9F2NO. The highest BCUT2D eigenvalue weighted by Crippen LogP contribution is 2.26. The van der Waals surface area contributed by atoms with Crippen LogP contribution in [-0.2, 0) is 0 Å². The molecule has 1 aromatic heterocycles. The van der Waals surface area contributed by atoms with Crippen molar-refractivity contribution < 1.29 is 13.9 Å². The summed E-state index contributed by atoms with van der Waals surface area (Å²) in [7, 11) is 0. The number of hydrogen-bond donors (Lipinski definition) is 1. The molecule has 0 bridgehead atoms. The minimum Gasteiger partial charge on any atom is -0.382 e. The Labute approximate surface area is 85.2 Å². The number of aromatic nitrogens is 1. The highest BCUT2D eigenvalue weighted by Gasteiger charge is 2.20. The Morgan fingerprint density at radius 1 is 1.13 bits per heavy atom. The number of para-hydroxylation sites is 1. The van der Waals surface area contributed by atoms with Crippen molar-refractivity contribution in [3.05, 3.63) is 42.1 Å². The first-order chi connectivity index (χ1) is 7.20. The van der Waals surface area contributed by atoms with Crippen molar-refractivity contribution in [1.82, 2.24) is 4.98 Å². The Morgan fingerprint density at radius 2 is 1.87 bits per heavy atom. The summed E-state index contributed by atoms with van der Waals surface area (Å²) in [6.45, 7) is 0. The predicted molar refractivity (Wildman–Crippen MR) is 52.7 cm³/mol. The van der Waals surface area contributed by atoms with Crippen LogP contribution >= 0.6 is 0 Å². The van der Waals surface area contributed by atoms with Gasteiger partial charge in [0, 0.05) is 11.6 Å². The standard InChI is InChI=1S/C11H9F2NO/c12-11(13)10(15)8-5-6-14-9-4-2-1-3-7(8)9/h1-6,10-11,15H. The highest BCUT2D eigenvalue weighted by atomic mass is 19.3. The fourth-order valence-corrected chi connectivity index (χ4v) is 1.51. The number of hydrogen-bond acceptors (Lipinski definition) is 2. The van der Waals surface area contributed by atoms with Crippen molar-refractivity contribution >= 4 is 10.9 Å². The molecule has 1 unspecified atom stereocenters. The molecule has 0 fully saturated rings. The third kappa shape index (κ3) is 1.80. The van der Waals surface area contributed by atoms with E-state index in [1.165, 1.54) is 12.3 Å². The van der Waals surface area contributed by atoms with Crippen molar-refractivity contribution in [2.45, 2.75) is 12.5 Å². The van der Waals surface area contributed by atoms with E-state index in [1.807, 2.05) is 0 Å². The Bertz CT molecular complexity index is 468. The van der Waals surface area contributed by atoms with Gasteiger partial charge in [-0.15, -0.1) is 0 Å². The molecule has 0 aliphatic carbocycles. The summed E-state index contributed by atoms with van der Waals surface area (Å²) >= 11 is 0. The summed E-state index contributed by atoms with van der Waals surface area (Å²) in [6, 6.07) is 8.30. The van der Waals surface area contributed by atoms with Crippen LogP contribution < -0.4 is 0 Å². The van der Waals surface area contributed by atoms with Crippen molar-refractivity contribution in [2.24, 2.45) is 0 Å². The lowest BCUT2D eigenvalue weighted by Crippen LogP contribution is -2.08. The number of fused-ring (bicyclic) bond motifs is 1. The molecule has 0 amide bonds. The third-order valence-corrected chi connectivity index (χ3v) is 2.24. The first-order valence-electron chi connectivity index (χ1n) is 4.50. The van der Waals surface area contributed by atoms with Gasteiger partial charge in [-0.25, -0.2) is 8.78 Å². The smallest absolute Gasteiger partial charge is 0.268 e. The molecular weight excluding hydrogens is 200 g/mol. The van der Waals surface area contributed by atoms with Gasteiger partial charge < -0.3 is 5.11 Å². The van der Waals surface area contributed by atoms with E-state index in [1.54, 1.807) is 24.3 Å². The summed E-state index contributed by atoms with van der Waals surface area (Å²) in [5.41, 5.74) is 0.824. The fraction of sp³-hybridized carbons (Fsp3) is 0.182. The Hall–Kier alpha value is -1.55. The Kier molecular flexibility index (Phi) is 2.60. The minimum absolute atomic E-state index is 0.218. The lowest BCUT2D eigenvalue weighted by atomic mass is 10.0. The maximum Gasteiger partial charge on any atom is 0.268 e. The van der Waals surface area contributed by atoms with E-state index in [4.69, 9.17) is 0 Å². The van der Waals surface area contributed by atoms with E-state index in [0.717, 1.165) is 0 Å². The number of aliphatic hydroxyl groups excluding tert-OH is 1. The molecule has 1 N–H and O–H groups in total. The number of rotatable bonds is 2. The van der Waals surface area contributed by atoms with Crippen molar-refractivity contribution in [2.75, 3.05) is 0 Å². The maximum absolute atomic E-state index is 12.4. The highest BCUT2D eigenvalue weighted by molar-refractivity contribution is 5.82. The minimum atomic E-state index is -2.78. The molecule has 2 rings (SSSR count). The van der Waals surface area contributed by atoms with Gasteiger partial charge >= 0.3 is 0 Å². The van der Waals surface area contributed by atoms with Crippen LogP contribution in [0.3, 0.4) is 0 Å². The monoisotopic (exact) mass is 209 g/mol. The van der Waals surface area contributed by atoms with Crippen molar-refractivity contribution in [3.63, 3.8) is 0 Å². The van der Waals surface area contributed by atoms with Gasteiger partial charge in [0.2, 0.25) is 0 Å². The number of halogens is 2. The molecule has 2 aromatic rings. The Balaban J connectivity index is 2.60. The van der Waals surface area contributed by atoms with Gasteiger partial charge in [0.1, 0.15) is 6.10 Å². The molecule has 4 heteroatoms. The molecule has 1 atom stereocenters. The zero-order valence-electron chi connectivity index (χ0n) is 7.77. The topological polar surface area (TPSA) is 33.1 Å². The second-order valence-electron chi connectivity index (χ2n) is 3.20. The van der Waals surface area contributed by atoms with Gasteiger partial charge in [-0.1, -0.05) is 18.2 Å². The van der Waals surface area contributed by atoms with Gasteiger partial charge in [0.15, 0.2) is 0 Å². The molecule has 1 heterocycles. The number of benzene rings is 1. The van der Waals surface area contributed by atoms with Crippen LogP contribution in [0.15, 0.2) is 36.5 Å². The van der Waals surface area contributed by atoms with E-state index >= 15 is 0 Å². The molecule has 0 spiro atoms. The summed E-state index contributed by atoms with van der Waals surface area (Å²) in [5, 5.41) is 9.88. The van der Waals surface area contributed by atoms with Gasteiger partial charge in [-0.3, -0.25) is 4.98 Å². The summed E-state index contributed by atoms with van der Waals surface area (Å²) < 4.78 is 24.7. The van der Waals surface area contributed by atoms with Gasteiger partial charge in [0.25, 0.3) is 6.43 Å². The van der Waals surface area contributed by atoms with Gasteiger partial charge in [-0.2, -0.15) is 0 Å². The van der Waals surface area contributed by atoms with Crippen LogP contribution in [0.5, 0.6) is 0 Å². The normalized spacial score (nSPS) is 13.3. The van der Waals surface area contributed by atoms with E-state index in [-0.39, 0.29) is 5.56 Å². The first-order valence-corrected chi connectivity index (χ1v) is 4.50. The molecule has 0 aliphatic rings. The SMILES string of the molecule is OC(c1ccnc2ccccc12)C(F)F. The molecule has 0 saturated carbocycles. The van der Waals surface area contributed by atoms with E-state index in [0.29, 0.717) is 10.9 Å². The third-order valence-electron chi connectivity index (χ3n) is 2.24. The molecule has 78 valence electrons. The van der Waals surface area contributed by atoms with Crippen molar-refractivity contribution in [3.8, 4) is 0 Å². The second-order valence-corrected chi connectivity index (χ2v) is 3.20.